The van der Waals surface area contributed by atoms with Crippen LogP contribution in [-0.2, 0) is 4.74 Å². The zero-order chi connectivity index (χ0) is 18.0. The minimum absolute atomic E-state index is 0.0830. The highest BCUT2D eigenvalue weighted by Crippen LogP contribution is 2.20. The third-order valence-corrected chi connectivity index (χ3v) is 3.50. The van der Waals surface area contributed by atoms with Crippen molar-refractivity contribution in [2.24, 2.45) is 0 Å². The van der Waals surface area contributed by atoms with Crippen molar-refractivity contribution in [3.8, 4) is 0 Å². The summed E-state index contributed by atoms with van der Waals surface area (Å²) in [5.41, 5.74) is -0.760. The van der Waals surface area contributed by atoms with Gasteiger partial charge in [0.05, 0.1) is 12.8 Å². The predicted molar refractivity (Wildman–Crippen MR) is 82.9 cm³/mol. The van der Waals surface area contributed by atoms with Gasteiger partial charge in [-0.25, -0.2) is 13.6 Å². The minimum atomic E-state index is -0.945. The van der Waals surface area contributed by atoms with Crippen LogP contribution in [0.1, 0.15) is 16.6 Å². The van der Waals surface area contributed by atoms with E-state index in [1.165, 1.54) is 18.2 Å². The van der Waals surface area contributed by atoms with Crippen LogP contribution < -0.4 is 11.0 Å². The number of benzene rings is 1. The van der Waals surface area contributed by atoms with Crippen LogP contribution in [0.25, 0.3) is 0 Å². The molecule has 0 fully saturated rings. The van der Waals surface area contributed by atoms with Crippen molar-refractivity contribution < 1.29 is 23.4 Å². The van der Waals surface area contributed by atoms with Crippen LogP contribution >= 0.6 is 0 Å². The molecule has 0 spiro atoms. The van der Waals surface area contributed by atoms with Gasteiger partial charge in [0, 0.05) is 5.56 Å². The zero-order valence-corrected chi connectivity index (χ0v) is 12.7. The highest BCUT2D eigenvalue weighted by atomic mass is 19.1. The lowest BCUT2D eigenvalue weighted by molar-refractivity contribution is -0.0106. The summed E-state index contributed by atoms with van der Waals surface area (Å²) in [6.45, 7) is -0.274. The number of aliphatic hydroxyl groups excluding tert-OH is 1. The average Bonchev–Trinajstić information content (AvgIpc) is 3.07. The summed E-state index contributed by atoms with van der Waals surface area (Å²) < 4.78 is 33.2. The molecule has 1 aromatic heterocycles. The summed E-state index contributed by atoms with van der Waals surface area (Å²) in [5.74, 6) is -2.74. The van der Waals surface area contributed by atoms with E-state index in [2.05, 4.69) is 10.3 Å². The first-order chi connectivity index (χ1) is 12.0. The van der Waals surface area contributed by atoms with Crippen LogP contribution in [0, 0.1) is 11.6 Å². The summed E-state index contributed by atoms with van der Waals surface area (Å²) in [6.07, 6.45) is 2.40. The van der Waals surface area contributed by atoms with Gasteiger partial charge in [-0.05, 0) is 30.3 Å². The van der Waals surface area contributed by atoms with Gasteiger partial charge >= 0.3 is 5.69 Å². The number of nitrogens with one attached hydrogen (secondary N) is 1. The van der Waals surface area contributed by atoms with E-state index in [1.54, 1.807) is 6.08 Å². The average molecular weight is 349 g/mol. The highest BCUT2D eigenvalue weighted by Gasteiger charge is 2.23. The molecule has 3 rings (SSSR count). The Balaban J connectivity index is 1.81. The van der Waals surface area contributed by atoms with E-state index in [4.69, 9.17) is 9.84 Å². The number of amides is 1. The number of carbonyl (C=O) groups is 1. The molecule has 1 aliphatic heterocycles. The summed E-state index contributed by atoms with van der Waals surface area (Å²) in [5, 5.41) is 11.2. The molecular formula is C16H13F2N3O4. The molecule has 1 aliphatic rings. The molecule has 25 heavy (non-hydrogen) atoms. The van der Waals surface area contributed by atoms with E-state index in [0.29, 0.717) is 0 Å². The molecule has 9 heteroatoms. The lowest BCUT2D eigenvalue weighted by atomic mass is 10.2. The molecule has 0 aliphatic carbocycles. The molecule has 2 aromatic rings. The van der Waals surface area contributed by atoms with Crippen molar-refractivity contribution in [2.75, 3.05) is 11.9 Å². The fourth-order valence-electron chi connectivity index (χ4n) is 2.25. The molecule has 1 amide bonds. The number of aromatic nitrogens is 2. The van der Waals surface area contributed by atoms with Crippen LogP contribution in [-0.4, -0.2) is 33.3 Å². The fourth-order valence-corrected chi connectivity index (χ4v) is 2.25. The summed E-state index contributed by atoms with van der Waals surface area (Å²) >= 11 is 0. The van der Waals surface area contributed by atoms with Crippen molar-refractivity contribution in [3.05, 3.63) is 70.3 Å². The number of carbonyl (C=O) groups excluding carboxylic acids is 1. The van der Waals surface area contributed by atoms with Crippen LogP contribution in [0.2, 0.25) is 0 Å². The number of halogens is 2. The molecule has 0 saturated carbocycles. The van der Waals surface area contributed by atoms with Crippen molar-refractivity contribution in [3.63, 3.8) is 0 Å². The number of rotatable bonds is 4. The maximum absolute atomic E-state index is 14.2. The largest absolute Gasteiger partial charge is 0.393 e. The van der Waals surface area contributed by atoms with Crippen LogP contribution in [0.15, 0.2) is 47.4 Å². The number of aliphatic hydroxyl groups is 1. The van der Waals surface area contributed by atoms with E-state index in [0.717, 1.165) is 22.9 Å². The van der Waals surface area contributed by atoms with Gasteiger partial charge in [0.25, 0.3) is 5.91 Å². The first kappa shape index (κ1) is 16.9. The zero-order valence-electron chi connectivity index (χ0n) is 12.7. The van der Waals surface area contributed by atoms with E-state index in [-0.39, 0.29) is 12.2 Å². The number of nitrogens with zero attached hydrogens (tertiary/aromatic N) is 2. The van der Waals surface area contributed by atoms with Crippen molar-refractivity contribution >= 4 is 11.7 Å². The van der Waals surface area contributed by atoms with E-state index in [1.807, 2.05) is 0 Å². The Morgan fingerprint density at radius 3 is 2.64 bits per heavy atom. The van der Waals surface area contributed by atoms with Gasteiger partial charge in [-0.1, -0.05) is 6.08 Å². The van der Waals surface area contributed by atoms with Crippen molar-refractivity contribution in [1.29, 1.82) is 0 Å². The Kier molecular flexibility index (Phi) is 4.68. The molecule has 2 N–H and O–H groups in total. The third kappa shape index (κ3) is 3.62. The van der Waals surface area contributed by atoms with Crippen molar-refractivity contribution in [2.45, 2.75) is 12.3 Å². The summed E-state index contributed by atoms with van der Waals surface area (Å²) in [7, 11) is 0. The standard InChI is InChI=1S/C16H13F2N3O4/c17-10-3-1-9(2-4-10)15(23)19-14-12(18)7-21(16(24)20-14)13-6-5-11(8-22)25-13/h1-7,11,13,22H,8H2,(H,19,20,23,24)/t11-,13+/m0/s1. The molecule has 0 unspecified atom stereocenters. The van der Waals surface area contributed by atoms with Gasteiger partial charge in [0.2, 0.25) is 0 Å². The first-order valence-electron chi connectivity index (χ1n) is 7.28. The quantitative estimate of drug-likeness (QED) is 0.810. The molecule has 0 saturated heterocycles. The second-order valence-corrected chi connectivity index (χ2v) is 5.22. The van der Waals surface area contributed by atoms with Gasteiger partial charge in [-0.15, -0.1) is 0 Å². The van der Waals surface area contributed by atoms with Gasteiger partial charge < -0.3 is 15.2 Å². The Morgan fingerprint density at radius 1 is 1.28 bits per heavy atom. The lowest BCUT2D eigenvalue weighted by Crippen LogP contribution is -2.30. The van der Waals surface area contributed by atoms with Gasteiger partial charge in [0.1, 0.15) is 11.9 Å². The number of hydrogen-bond acceptors (Lipinski definition) is 5. The second kappa shape index (κ2) is 6.91. The maximum Gasteiger partial charge on any atom is 0.352 e. The molecule has 0 bridgehead atoms. The Hall–Kier alpha value is -2.91. The molecule has 0 radical (unpaired) electrons. The normalized spacial score (nSPS) is 19.2. The Bertz CT molecular complexity index is 880. The third-order valence-electron chi connectivity index (χ3n) is 3.50. The van der Waals surface area contributed by atoms with Gasteiger partial charge in [0.15, 0.2) is 17.9 Å². The van der Waals surface area contributed by atoms with Crippen LogP contribution in [0.3, 0.4) is 0 Å². The maximum atomic E-state index is 14.2. The van der Waals surface area contributed by atoms with Gasteiger partial charge in [-0.2, -0.15) is 4.98 Å². The molecule has 2 heterocycles. The summed E-state index contributed by atoms with van der Waals surface area (Å²) in [6, 6.07) is 4.60. The number of hydrogen-bond donors (Lipinski definition) is 2. The smallest absolute Gasteiger partial charge is 0.352 e. The molecule has 2 atom stereocenters. The number of ether oxygens (including phenoxy) is 1. The highest BCUT2D eigenvalue weighted by molar-refractivity contribution is 6.03. The van der Waals surface area contributed by atoms with Crippen LogP contribution in [0.4, 0.5) is 14.6 Å². The Morgan fingerprint density at radius 2 is 2.00 bits per heavy atom. The monoisotopic (exact) mass is 349 g/mol. The molecule has 1 aromatic carbocycles. The first-order valence-corrected chi connectivity index (χ1v) is 7.28. The lowest BCUT2D eigenvalue weighted by Gasteiger charge is -2.15. The molecular weight excluding hydrogens is 336 g/mol. The topological polar surface area (TPSA) is 93.5 Å². The molecule has 7 nitrogen and oxygen atoms in total. The number of anilines is 1. The van der Waals surface area contributed by atoms with E-state index >= 15 is 0 Å². The fraction of sp³-hybridized carbons (Fsp3) is 0.188. The second-order valence-electron chi connectivity index (χ2n) is 5.22. The van der Waals surface area contributed by atoms with Crippen LogP contribution in [0.5, 0.6) is 0 Å². The predicted octanol–water partition coefficient (Wildman–Crippen LogP) is 1.22. The van der Waals surface area contributed by atoms with Gasteiger partial charge in [-0.3, -0.25) is 9.36 Å². The van der Waals surface area contributed by atoms with Crippen molar-refractivity contribution in [1.82, 2.24) is 9.55 Å². The van der Waals surface area contributed by atoms with E-state index in [9.17, 15) is 18.4 Å². The minimum Gasteiger partial charge on any atom is -0.393 e. The summed E-state index contributed by atoms with van der Waals surface area (Å²) in [4.78, 5) is 27.5. The molecule has 130 valence electrons. The SMILES string of the molecule is O=C(Nc1nc(=O)n([C@H]2C=C[C@@H](CO)O2)cc1F)c1ccc(F)cc1. The Labute approximate surface area is 140 Å². The van der Waals surface area contributed by atoms with E-state index < -0.39 is 41.4 Å².